The van der Waals surface area contributed by atoms with Gasteiger partial charge < -0.3 is 10.6 Å². The van der Waals surface area contributed by atoms with Crippen molar-refractivity contribution < 1.29 is 9.18 Å². The van der Waals surface area contributed by atoms with Crippen molar-refractivity contribution in [3.63, 3.8) is 0 Å². The van der Waals surface area contributed by atoms with E-state index in [4.69, 9.17) is 0 Å². The van der Waals surface area contributed by atoms with Crippen LogP contribution in [0.4, 0.5) is 21.0 Å². The molecule has 136 valence electrons. The number of hydrogen-bond donors (Lipinski definition) is 3. The summed E-state index contributed by atoms with van der Waals surface area (Å²) < 4.78 is 13.8. The average Bonchev–Trinajstić information content (AvgIpc) is 3.30. The van der Waals surface area contributed by atoms with E-state index in [2.05, 4.69) is 35.8 Å². The molecule has 0 saturated heterocycles. The SMILES string of the molecule is Cc1ncc(F)c(Nc2ncc(C(=O)Nc3c(C)ccc4[nH]ncc34)s2)n1. The molecular formula is C17H14FN7OS. The van der Waals surface area contributed by atoms with Crippen LogP contribution >= 0.6 is 11.3 Å². The number of carbonyl (C=O) groups excluding carboxylic acids is 1. The summed E-state index contributed by atoms with van der Waals surface area (Å²) in [4.78, 5) is 24.9. The molecule has 10 heteroatoms. The normalized spacial score (nSPS) is 10.9. The molecule has 4 rings (SSSR count). The second-order valence-corrected chi connectivity index (χ2v) is 6.84. The van der Waals surface area contributed by atoms with Gasteiger partial charge in [0, 0.05) is 5.39 Å². The lowest BCUT2D eigenvalue weighted by molar-refractivity contribution is 0.103. The Labute approximate surface area is 156 Å². The van der Waals surface area contributed by atoms with Gasteiger partial charge in [-0.2, -0.15) is 5.10 Å². The van der Waals surface area contributed by atoms with Gasteiger partial charge in [-0.15, -0.1) is 0 Å². The molecule has 27 heavy (non-hydrogen) atoms. The summed E-state index contributed by atoms with van der Waals surface area (Å²) in [6, 6.07) is 3.80. The maximum atomic E-state index is 13.8. The standard InChI is InChI=1S/C17H14FN7OS/c1-8-3-4-12-10(5-21-25-12)14(8)23-16(26)13-7-20-17(27-13)24-15-11(18)6-19-9(2)22-15/h3-7H,1-2H3,(H,21,25)(H,23,26)(H,19,20,22,24). The summed E-state index contributed by atoms with van der Waals surface area (Å²) >= 11 is 1.10. The first kappa shape index (κ1) is 17.0. The molecule has 8 nitrogen and oxygen atoms in total. The van der Waals surface area contributed by atoms with Crippen LogP contribution in [0.15, 0.2) is 30.7 Å². The Bertz CT molecular complexity index is 1150. The molecule has 0 aliphatic heterocycles. The predicted molar refractivity (Wildman–Crippen MR) is 101 cm³/mol. The lowest BCUT2D eigenvalue weighted by Gasteiger charge is -2.08. The second-order valence-electron chi connectivity index (χ2n) is 5.81. The topological polar surface area (TPSA) is 108 Å². The molecule has 0 bridgehead atoms. The third-order valence-corrected chi connectivity index (χ3v) is 4.80. The summed E-state index contributed by atoms with van der Waals surface area (Å²) in [6.07, 6.45) is 4.18. The molecule has 0 spiro atoms. The average molecular weight is 383 g/mol. The highest BCUT2D eigenvalue weighted by Crippen LogP contribution is 2.28. The first-order chi connectivity index (χ1) is 13.0. The highest BCUT2D eigenvalue weighted by molar-refractivity contribution is 7.17. The lowest BCUT2D eigenvalue weighted by Crippen LogP contribution is -2.11. The number of anilines is 3. The van der Waals surface area contributed by atoms with Crippen molar-refractivity contribution in [3.05, 3.63) is 52.8 Å². The van der Waals surface area contributed by atoms with E-state index in [0.29, 0.717) is 21.5 Å². The number of nitrogens with zero attached hydrogens (tertiary/aromatic N) is 4. The van der Waals surface area contributed by atoms with Gasteiger partial charge in [0.1, 0.15) is 10.7 Å². The van der Waals surface area contributed by atoms with Crippen molar-refractivity contribution in [2.24, 2.45) is 0 Å². The largest absolute Gasteiger partial charge is 0.320 e. The van der Waals surface area contributed by atoms with E-state index in [9.17, 15) is 9.18 Å². The Kier molecular flexibility index (Phi) is 4.24. The lowest BCUT2D eigenvalue weighted by atomic mass is 10.1. The Morgan fingerprint density at radius 3 is 2.89 bits per heavy atom. The number of benzene rings is 1. The van der Waals surface area contributed by atoms with Gasteiger partial charge in [0.15, 0.2) is 16.8 Å². The molecule has 0 fully saturated rings. The Hall–Kier alpha value is -3.40. The van der Waals surface area contributed by atoms with E-state index in [1.54, 1.807) is 13.1 Å². The minimum atomic E-state index is -0.593. The number of carbonyl (C=O) groups is 1. The number of nitrogens with one attached hydrogen (secondary N) is 3. The van der Waals surface area contributed by atoms with Gasteiger partial charge in [-0.3, -0.25) is 9.89 Å². The van der Waals surface area contributed by atoms with Crippen LogP contribution in [0.1, 0.15) is 21.1 Å². The minimum Gasteiger partial charge on any atom is -0.320 e. The van der Waals surface area contributed by atoms with Gasteiger partial charge in [0.2, 0.25) is 0 Å². The zero-order chi connectivity index (χ0) is 19.0. The van der Waals surface area contributed by atoms with Gasteiger partial charge >= 0.3 is 0 Å². The molecule has 0 aliphatic carbocycles. The van der Waals surface area contributed by atoms with E-state index < -0.39 is 5.82 Å². The molecule has 3 N–H and O–H groups in total. The van der Waals surface area contributed by atoms with E-state index in [-0.39, 0.29) is 11.7 Å². The van der Waals surface area contributed by atoms with Crippen molar-refractivity contribution in [1.29, 1.82) is 0 Å². The van der Waals surface area contributed by atoms with Crippen molar-refractivity contribution in [2.75, 3.05) is 10.6 Å². The monoisotopic (exact) mass is 383 g/mol. The molecule has 0 saturated carbocycles. The first-order valence-corrected chi connectivity index (χ1v) is 8.79. The fourth-order valence-corrected chi connectivity index (χ4v) is 3.26. The predicted octanol–water partition coefficient (Wildman–Crippen LogP) is 3.56. The minimum absolute atomic E-state index is 0.0165. The summed E-state index contributed by atoms with van der Waals surface area (Å²) in [6.45, 7) is 3.56. The fraction of sp³-hybridized carbons (Fsp3) is 0.118. The van der Waals surface area contributed by atoms with Crippen LogP contribution in [0.3, 0.4) is 0 Å². The van der Waals surface area contributed by atoms with Gasteiger partial charge in [0.05, 0.1) is 29.8 Å². The molecule has 0 aliphatic rings. The molecule has 1 amide bonds. The zero-order valence-corrected chi connectivity index (χ0v) is 15.2. The van der Waals surface area contributed by atoms with E-state index in [1.807, 2.05) is 19.1 Å². The van der Waals surface area contributed by atoms with Crippen molar-refractivity contribution in [2.45, 2.75) is 13.8 Å². The molecule has 4 aromatic rings. The van der Waals surface area contributed by atoms with Gasteiger partial charge in [-0.25, -0.2) is 19.3 Å². The molecule has 1 aromatic carbocycles. The highest BCUT2D eigenvalue weighted by Gasteiger charge is 2.15. The number of aryl methyl sites for hydroxylation is 2. The summed E-state index contributed by atoms with van der Waals surface area (Å²) in [5.41, 5.74) is 2.43. The van der Waals surface area contributed by atoms with Crippen molar-refractivity contribution in [3.8, 4) is 0 Å². The maximum absolute atomic E-state index is 13.8. The van der Waals surface area contributed by atoms with Crippen LogP contribution in [-0.2, 0) is 0 Å². The maximum Gasteiger partial charge on any atom is 0.267 e. The number of fused-ring (bicyclic) bond motifs is 1. The number of aromatic nitrogens is 5. The van der Waals surface area contributed by atoms with Crippen molar-refractivity contribution >= 4 is 44.8 Å². The van der Waals surface area contributed by atoms with Crippen LogP contribution in [0.5, 0.6) is 0 Å². The number of amides is 1. The number of rotatable bonds is 4. The second kappa shape index (κ2) is 6.72. The summed E-state index contributed by atoms with van der Waals surface area (Å²) in [7, 11) is 0. The van der Waals surface area contributed by atoms with Crippen LogP contribution in [-0.4, -0.2) is 31.1 Å². The molecule has 0 atom stereocenters. The summed E-state index contributed by atoms with van der Waals surface area (Å²) in [5.74, 6) is -0.458. The quantitative estimate of drug-likeness (QED) is 0.497. The zero-order valence-electron chi connectivity index (χ0n) is 14.4. The van der Waals surface area contributed by atoms with Crippen LogP contribution < -0.4 is 10.6 Å². The van der Waals surface area contributed by atoms with E-state index >= 15 is 0 Å². The number of hydrogen-bond acceptors (Lipinski definition) is 7. The van der Waals surface area contributed by atoms with E-state index in [1.165, 1.54) is 6.20 Å². The van der Waals surface area contributed by atoms with Crippen LogP contribution in [0.2, 0.25) is 0 Å². The smallest absolute Gasteiger partial charge is 0.267 e. The van der Waals surface area contributed by atoms with Crippen LogP contribution in [0, 0.1) is 19.7 Å². The van der Waals surface area contributed by atoms with Crippen molar-refractivity contribution in [1.82, 2.24) is 25.1 Å². The van der Waals surface area contributed by atoms with E-state index in [0.717, 1.165) is 34.0 Å². The Balaban J connectivity index is 1.56. The number of thiazole rings is 1. The molecule has 3 heterocycles. The molecule has 0 radical (unpaired) electrons. The third kappa shape index (κ3) is 3.34. The summed E-state index contributed by atoms with van der Waals surface area (Å²) in [5, 5.41) is 13.7. The molecule has 0 unspecified atom stereocenters. The highest BCUT2D eigenvalue weighted by atomic mass is 32.1. The Morgan fingerprint density at radius 2 is 2.04 bits per heavy atom. The first-order valence-electron chi connectivity index (χ1n) is 7.97. The van der Waals surface area contributed by atoms with Gasteiger partial charge in [0.25, 0.3) is 5.91 Å². The molecule has 3 aromatic heterocycles. The number of halogens is 1. The Morgan fingerprint density at radius 1 is 1.19 bits per heavy atom. The van der Waals surface area contributed by atoms with Gasteiger partial charge in [-0.1, -0.05) is 17.4 Å². The third-order valence-electron chi connectivity index (χ3n) is 3.89. The van der Waals surface area contributed by atoms with Crippen LogP contribution in [0.25, 0.3) is 10.9 Å². The molecular weight excluding hydrogens is 369 g/mol. The fourth-order valence-electron chi connectivity index (χ4n) is 2.55. The number of H-pyrrole nitrogens is 1. The van der Waals surface area contributed by atoms with Gasteiger partial charge in [-0.05, 0) is 25.5 Å². The number of aromatic amines is 1.